The third kappa shape index (κ3) is 4.97. The molecule has 1 N–H and O–H groups in total. The quantitative estimate of drug-likeness (QED) is 0.863. The third-order valence-electron chi connectivity index (χ3n) is 4.78. The van der Waals surface area contributed by atoms with E-state index >= 15 is 0 Å². The molecule has 1 aromatic rings. The van der Waals surface area contributed by atoms with Crippen molar-refractivity contribution in [2.24, 2.45) is 11.8 Å². The molecule has 1 heterocycles. The topological polar surface area (TPSA) is 58.6 Å². The summed E-state index contributed by atoms with van der Waals surface area (Å²) in [6.45, 7) is 6.20. The number of hydrogen-bond donors (Lipinski definition) is 1. The molecule has 2 aliphatic rings. The van der Waals surface area contributed by atoms with Gasteiger partial charge >= 0.3 is 0 Å². The van der Waals surface area contributed by atoms with Crippen LogP contribution >= 0.6 is 0 Å². The number of nitrogens with zero attached hydrogens (tertiary/aromatic N) is 1. The summed E-state index contributed by atoms with van der Waals surface area (Å²) in [5.74, 6) is 1.73. The number of amides is 2. The Morgan fingerprint density at radius 2 is 1.92 bits per heavy atom. The van der Waals surface area contributed by atoms with Gasteiger partial charge in [-0.3, -0.25) is 9.59 Å². The molecular formula is C20H28N2O3. The van der Waals surface area contributed by atoms with Crippen LogP contribution in [0, 0.1) is 11.8 Å². The van der Waals surface area contributed by atoms with Gasteiger partial charge in [0, 0.05) is 36.5 Å². The Kier molecular flexibility index (Phi) is 5.61. The smallest absolute Gasteiger partial charge is 0.251 e. The molecule has 0 bridgehead atoms. The highest BCUT2D eigenvalue weighted by atomic mass is 16.5. The van der Waals surface area contributed by atoms with Gasteiger partial charge in [-0.1, -0.05) is 0 Å². The molecule has 1 aliphatic carbocycles. The second-order valence-corrected chi connectivity index (χ2v) is 7.53. The van der Waals surface area contributed by atoms with E-state index in [1.807, 2.05) is 30.9 Å². The Bertz CT molecular complexity index is 608. The highest BCUT2D eigenvalue weighted by molar-refractivity contribution is 5.94. The molecule has 1 aliphatic heterocycles. The third-order valence-corrected chi connectivity index (χ3v) is 4.78. The molecule has 2 amide bonds. The van der Waals surface area contributed by atoms with Crippen LogP contribution in [0.3, 0.4) is 0 Å². The van der Waals surface area contributed by atoms with Crippen LogP contribution in [0.5, 0.6) is 5.75 Å². The molecule has 3 rings (SSSR count). The summed E-state index contributed by atoms with van der Waals surface area (Å²) in [5, 5.41) is 2.87. The molecule has 1 atom stereocenters. The highest BCUT2D eigenvalue weighted by Crippen LogP contribution is 2.32. The molecule has 0 unspecified atom stereocenters. The lowest BCUT2D eigenvalue weighted by Crippen LogP contribution is -2.42. The van der Waals surface area contributed by atoms with Crippen molar-refractivity contribution in [3.63, 3.8) is 0 Å². The molecule has 1 aromatic carbocycles. The van der Waals surface area contributed by atoms with Gasteiger partial charge in [0.25, 0.3) is 5.91 Å². The first-order valence-electron chi connectivity index (χ1n) is 9.35. The molecule has 0 aromatic heterocycles. The molecule has 2 fully saturated rings. The second-order valence-electron chi connectivity index (χ2n) is 7.53. The summed E-state index contributed by atoms with van der Waals surface area (Å²) < 4.78 is 5.90. The predicted molar refractivity (Wildman–Crippen MR) is 96.6 cm³/mol. The Hall–Kier alpha value is -2.04. The van der Waals surface area contributed by atoms with E-state index in [4.69, 9.17) is 4.74 Å². The summed E-state index contributed by atoms with van der Waals surface area (Å²) in [6, 6.07) is 7.38. The largest absolute Gasteiger partial charge is 0.493 e. The standard InChI is InChI=1S/C20H28N2O3/c1-14(2)21-19(23)16-7-9-18(10-8-16)25-13-15-4-3-11-22(12-15)20(24)17-5-6-17/h7-10,14-15,17H,3-6,11-13H2,1-2H3,(H,21,23)/t15-/m1/s1. The maximum Gasteiger partial charge on any atom is 0.251 e. The molecule has 5 nitrogen and oxygen atoms in total. The molecule has 5 heteroatoms. The number of nitrogens with one attached hydrogen (secondary N) is 1. The maximum atomic E-state index is 12.2. The van der Waals surface area contributed by atoms with Gasteiger partial charge in [0.05, 0.1) is 6.61 Å². The van der Waals surface area contributed by atoms with E-state index in [-0.39, 0.29) is 11.9 Å². The van der Waals surface area contributed by atoms with Gasteiger partial charge in [-0.2, -0.15) is 0 Å². The number of benzene rings is 1. The van der Waals surface area contributed by atoms with Crippen molar-refractivity contribution in [3.05, 3.63) is 29.8 Å². The van der Waals surface area contributed by atoms with Crippen LogP contribution in [-0.2, 0) is 4.79 Å². The average molecular weight is 344 g/mol. The molecule has 1 saturated carbocycles. The molecular weight excluding hydrogens is 316 g/mol. The number of carbonyl (C=O) groups is 2. The average Bonchev–Trinajstić information content (AvgIpc) is 3.44. The van der Waals surface area contributed by atoms with Crippen molar-refractivity contribution in [2.75, 3.05) is 19.7 Å². The lowest BCUT2D eigenvalue weighted by atomic mass is 9.98. The van der Waals surface area contributed by atoms with Gasteiger partial charge in [-0.25, -0.2) is 0 Å². The van der Waals surface area contributed by atoms with E-state index in [9.17, 15) is 9.59 Å². The molecule has 0 radical (unpaired) electrons. The van der Waals surface area contributed by atoms with Crippen molar-refractivity contribution in [3.8, 4) is 5.75 Å². The van der Waals surface area contributed by atoms with Gasteiger partial charge < -0.3 is 15.0 Å². The second kappa shape index (κ2) is 7.89. The fourth-order valence-electron chi connectivity index (χ4n) is 3.25. The summed E-state index contributed by atoms with van der Waals surface area (Å²) in [6.07, 6.45) is 4.28. The monoisotopic (exact) mass is 344 g/mol. The number of likely N-dealkylation sites (tertiary alicyclic amines) is 1. The minimum Gasteiger partial charge on any atom is -0.493 e. The van der Waals surface area contributed by atoms with Crippen LogP contribution < -0.4 is 10.1 Å². The normalized spacial score (nSPS) is 20.4. The highest BCUT2D eigenvalue weighted by Gasteiger charge is 2.35. The van der Waals surface area contributed by atoms with Gasteiger partial charge in [0.2, 0.25) is 5.91 Å². The summed E-state index contributed by atoms with van der Waals surface area (Å²) in [7, 11) is 0. The number of rotatable bonds is 6. The Morgan fingerprint density at radius 3 is 2.56 bits per heavy atom. The fourth-order valence-corrected chi connectivity index (χ4v) is 3.25. The van der Waals surface area contributed by atoms with E-state index in [1.54, 1.807) is 12.1 Å². The first-order valence-corrected chi connectivity index (χ1v) is 9.35. The maximum absolute atomic E-state index is 12.2. The zero-order chi connectivity index (χ0) is 17.8. The lowest BCUT2D eigenvalue weighted by Gasteiger charge is -2.32. The first-order chi connectivity index (χ1) is 12.0. The van der Waals surface area contributed by atoms with E-state index in [0.29, 0.717) is 29.9 Å². The molecule has 0 spiro atoms. The van der Waals surface area contributed by atoms with Crippen LogP contribution in [0.1, 0.15) is 49.9 Å². The Balaban J connectivity index is 1.47. The molecule has 1 saturated heterocycles. The minimum absolute atomic E-state index is 0.0666. The number of carbonyl (C=O) groups excluding carboxylic acids is 2. The van der Waals surface area contributed by atoms with E-state index in [0.717, 1.165) is 44.5 Å². The molecule has 136 valence electrons. The van der Waals surface area contributed by atoms with Crippen LogP contribution in [-0.4, -0.2) is 42.5 Å². The van der Waals surface area contributed by atoms with Crippen LogP contribution in [0.4, 0.5) is 0 Å². The van der Waals surface area contributed by atoms with E-state index < -0.39 is 0 Å². The van der Waals surface area contributed by atoms with Crippen molar-refractivity contribution in [1.29, 1.82) is 0 Å². The van der Waals surface area contributed by atoms with Crippen molar-refractivity contribution < 1.29 is 14.3 Å². The fraction of sp³-hybridized carbons (Fsp3) is 0.600. The first kappa shape index (κ1) is 17.8. The van der Waals surface area contributed by atoms with Gasteiger partial charge in [-0.15, -0.1) is 0 Å². The van der Waals surface area contributed by atoms with Gasteiger partial charge in [-0.05, 0) is 63.8 Å². The summed E-state index contributed by atoms with van der Waals surface area (Å²) in [5.41, 5.74) is 0.639. The van der Waals surface area contributed by atoms with Crippen molar-refractivity contribution in [2.45, 2.75) is 45.6 Å². The van der Waals surface area contributed by atoms with Crippen molar-refractivity contribution >= 4 is 11.8 Å². The lowest BCUT2D eigenvalue weighted by molar-refractivity contribution is -0.134. The zero-order valence-electron chi connectivity index (χ0n) is 15.2. The number of ether oxygens (including phenoxy) is 1. The van der Waals surface area contributed by atoms with Crippen LogP contribution in [0.15, 0.2) is 24.3 Å². The van der Waals surface area contributed by atoms with Gasteiger partial charge in [0.1, 0.15) is 5.75 Å². The van der Waals surface area contributed by atoms with Gasteiger partial charge in [0.15, 0.2) is 0 Å². The minimum atomic E-state index is -0.0666. The van der Waals surface area contributed by atoms with Crippen molar-refractivity contribution in [1.82, 2.24) is 10.2 Å². The van der Waals surface area contributed by atoms with Crippen LogP contribution in [0.2, 0.25) is 0 Å². The Morgan fingerprint density at radius 1 is 1.20 bits per heavy atom. The van der Waals surface area contributed by atoms with Crippen LogP contribution in [0.25, 0.3) is 0 Å². The van der Waals surface area contributed by atoms with E-state index in [2.05, 4.69) is 5.32 Å². The number of hydrogen-bond acceptors (Lipinski definition) is 3. The van der Waals surface area contributed by atoms with E-state index in [1.165, 1.54) is 0 Å². The predicted octanol–water partition coefficient (Wildman–Crippen LogP) is 2.85. The number of piperidine rings is 1. The summed E-state index contributed by atoms with van der Waals surface area (Å²) in [4.78, 5) is 26.2. The zero-order valence-corrected chi connectivity index (χ0v) is 15.2. The SMILES string of the molecule is CC(C)NC(=O)c1ccc(OC[C@@H]2CCCN(C(=O)C3CC3)C2)cc1. The Labute approximate surface area is 149 Å². The summed E-state index contributed by atoms with van der Waals surface area (Å²) >= 11 is 0. The molecule has 25 heavy (non-hydrogen) atoms.